The van der Waals surface area contributed by atoms with Gasteiger partial charge in [0, 0.05) is 21.8 Å². The van der Waals surface area contributed by atoms with Crippen molar-refractivity contribution in [3.8, 4) is 28.7 Å². The van der Waals surface area contributed by atoms with Crippen molar-refractivity contribution in [3.05, 3.63) is 46.6 Å². The predicted molar refractivity (Wildman–Crippen MR) is 93.7 cm³/mol. The first-order chi connectivity index (χ1) is 11.5. The number of hydrogen-bond acceptors (Lipinski definition) is 5. The van der Waals surface area contributed by atoms with Gasteiger partial charge < -0.3 is 9.26 Å². The van der Waals surface area contributed by atoms with Crippen LogP contribution in [0.25, 0.3) is 22.8 Å². The SMILES string of the molecule is CC1(C)CCc2cc(-c3nc(-c4ccc(Br)cc4)no3)cnc2O1. The van der Waals surface area contributed by atoms with Crippen LogP contribution in [0.1, 0.15) is 25.8 Å². The fraction of sp³-hybridized carbons (Fsp3) is 0.278. The van der Waals surface area contributed by atoms with E-state index in [0.29, 0.717) is 17.6 Å². The van der Waals surface area contributed by atoms with Crippen LogP contribution in [0.2, 0.25) is 0 Å². The summed E-state index contributed by atoms with van der Waals surface area (Å²) in [7, 11) is 0. The quantitative estimate of drug-likeness (QED) is 0.641. The lowest BCUT2D eigenvalue weighted by atomic mass is 9.95. The summed E-state index contributed by atoms with van der Waals surface area (Å²) in [5.41, 5.74) is 2.63. The van der Waals surface area contributed by atoms with E-state index in [9.17, 15) is 0 Å². The first-order valence-electron chi connectivity index (χ1n) is 7.78. The maximum Gasteiger partial charge on any atom is 0.259 e. The number of nitrogens with zero attached hydrogens (tertiary/aromatic N) is 3. The number of benzene rings is 1. The molecular formula is C18H16BrN3O2. The van der Waals surface area contributed by atoms with Crippen LogP contribution in [0.3, 0.4) is 0 Å². The van der Waals surface area contributed by atoms with Gasteiger partial charge in [0.15, 0.2) is 0 Å². The molecule has 0 amide bonds. The molecule has 6 heteroatoms. The minimum atomic E-state index is -0.166. The van der Waals surface area contributed by atoms with Gasteiger partial charge in [0.05, 0.1) is 5.56 Å². The van der Waals surface area contributed by atoms with Gasteiger partial charge in [0.2, 0.25) is 11.7 Å². The monoisotopic (exact) mass is 385 g/mol. The molecule has 3 heterocycles. The molecule has 0 N–H and O–H groups in total. The van der Waals surface area contributed by atoms with E-state index in [2.05, 4.69) is 44.9 Å². The number of pyridine rings is 1. The second kappa shape index (κ2) is 5.70. The highest BCUT2D eigenvalue weighted by molar-refractivity contribution is 9.10. The Hall–Kier alpha value is -2.21. The highest BCUT2D eigenvalue weighted by atomic mass is 79.9. The number of ether oxygens (including phenoxy) is 1. The standard InChI is InChI=1S/C18H16BrN3O2/c1-18(2)8-7-12-9-13(10-20-16(12)23-18)17-21-15(22-24-17)11-3-5-14(19)6-4-11/h3-6,9-10H,7-8H2,1-2H3. The van der Waals surface area contributed by atoms with Crippen molar-refractivity contribution in [2.24, 2.45) is 0 Å². The van der Waals surface area contributed by atoms with Gasteiger partial charge in [0.1, 0.15) is 5.60 Å². The average Bonchev–Trinajstić information content (AvgIpc) is 3.04. The number of rotatable bonds is 2. The van der Waals surface area contributed by atoms with Crippen LogP contribution in [0, 0.1) is 0 Å². The second-order valence-corrected chi connectivity index (χ2v) is 7.40. The molecule has 24 heavy (non-hydrogen) atoms. The molecule has 4 rings (SSSR count). The Morgan fingerprint density at radius 2 is 1.92 bits per heavy atom. The lowest BCUT2D eigenvalue weighted by Gasteiger charge is -2.31. The van der Waals surface area contributed by atoms with E-state index in [-0.39, 0.29) is 5.60 Å². The van der Waals surface area contributed by atoms with E-state index in [1.807, 2.05) is 30.3 Å². The van der Waals surface area contributed by atoms with Gasteiger partial charge in [-0.2, -0.15) is 4.98 Å². The first kappa shape index (κ1) is 15.3. The molecule has 1 aliphatic heterocycles. The zero-order valence-electron chi connectivity index (χ0n) is 13.4. The fourth-order valence-corrected chi connectivity index (χ4v) is 2.96. The molecule has 0 saturated carbocycles. The molecular weight excluding hydrogens is 370 g/mol. The molecule has 0 fully saturated rings. The molecule has 0 spiro atoms. The molecule has 0 radical (unpaired) electrons. The minimum Gasteiger partial charge on any atom is -0.471 e. The Morgan fingerprint density at radius 3 is 2.71 bits per heavy atom. The van der Waals surface area contributed by atoms with Crippen LogP contribution >= 0.6 is 15.9 Å². The molecule has 1 aromatic carbocycles. The molecule has 2 aromatic heterocycles. The van der Waals surface area contributed by atoms with Crippen molar-refractivity contribution in [3.63, 3.8) is 0 Å². The van der Waals surface area contributed by atoms with Crippen molar-refractivity contribution in [1.29, 1.82) is 0 Å². The van der Waals surface area contributed by atoms with Crippen molar-refractivity contribution in [2.75, 3.05) is 0 Å². The summed E-state index contributed by atoms with van der Waals surface area (Å²) in [6.45, 7) is 4.15. The van der Waals surface area contributed by atoms with Crippen molar-refractivity contribution >= 4 is 15.9 Å². The second-order valence-electron chi connectivity index (χ2n) is 6.48. The molecule has 0 bridgehead atoms. The molecule has 3 aromatic rings. The molecule has 1 aliphatic rings. The van der Waals surface area contributed by atoms with Gasteiger partial charge in [-0.25, -0.2) is 4.98 Å². The van der Waals surface area contributed by atoms with Gasteiger partial charge in [0.25, 0.3) is 5.89 Å². The topological polar surface area (TPSA) is 61.0 Å². The first-order valence-corrected chi connectivity index (χ1v) is 8.57. The predicted octanol–water partition coefficient (Wildman–Crippen LogP) is 4.66. The average molecular weight is 386 g/mol. The third kappa shape index (κ3) is 2.94. The van der Waals surface area contributed by atoms with Crippen LogP contribution in [0.15, 0.2) is 45.5 Å². The number of halogens is 1. The van der Waals surface area contributed by atoms with Crippen molar-refractivity contribution in [1.82, 2.24) is 15.1 Å². The fourth-order valence-electron chi connectivity index (χ4n) is 2.69. The highest BCUT2D eigenvalue weighted by Crippen LogP contribution is 2.33. The third-order valence-electron chi connectivity index (χ3n) is 4.07. The summed E-state index contributed by atoms with van der Waals surface area (Å²) >= 11 is 3.42. The van der Waals surface area contributed by atoms with Gasteiger partial charge in [-0.3, -0.25) is 0 Å². The van der Waals surface area contributed by atoms with E-state index >= 15 is 0 Å². The third-order valence-corrected chi connectivity index (χ3v) is 4.60. The lowest BCUT2D eigenvalue weighted by Crippen LogP contribution is -2.33. The molecule has 0 saturated heterocycles. The van der Waals surface area contributed by atoms with Crippen LogP contribution in [-0.2, 0) is 6.42 Å². The number of hydrogen-bond donors (Lipinski definition) is 0. The van der Waals surface area contributed by atoms with Crippen molar-refractivity contribution < 1.29 is 9.26 Å². The summed E-state index contributed by atoms with van der Waals surface area (Å²) in [6, 6.07) is 9.81. The summed E-state index contributed by atoms with van der Waals surface area (Å²) in [5, 5.41) is 4.07. The summed E-state index contributed by atoms with van der Waals surface area (Å²) in [5.74, 6) is 1.73. The lowest BCUT2D eigenvalue weighted by molar-refractivity contribution is 0.0784. The van der Waals surface area contributed by atoms with E-state index < -0.39 is 0 Å². The zero-order chi connectivity index (χ0) is 16.7. The Labute approximate surface area is 148 Å². The molecule has 122 valence electrons. The molecule has 0 atom stereocenters. The maximum absolute atomic E-state index is 5.91. The van der Waals surface area contributed by atoms with Crippen molar-refractivity contribution in [2.45, 2.75) is 32.3 Å². The largest absolute Gasteiger partial charge is 0.471 e. The Kier molecular flexibility index (Phi) is 3.64. The minimum absolute atomic E-state index is 0.166. The van der Waals surface area contributed by atoms with Gasteiger partial charge in [-0.1, -0.05) is 21.1 Å². The molecule has 5 nitrogen and oxygen atoms in total. The smallest absolute Gasteiger partial charge is 0.259 e. The van der Waals surface area contributed by atoms with E-state index in [4.69, 9.17) is 9.26 Å². The van der Waals surface area contributed by atoms with Crippen LogP contribution in [0.4, 0.5) is 0 Å². The summed E-state index contributed by atoms with van der Waals surface area (Å²) in [4.78, 5) is 8.91. The Balaban J connectivity index is 1.64. The summed E-state index contributed by atoms with van der Waals surface area (Å²) in [6.07, 6.45) is 3.61. The normalized spacial score (nSPS) is 15.6. The molecule has 0 unspecified atom stereocenters. The number of fused-ring (bicyclic) bond motifs is 1. The Morgan fingerprint density at radius 1 is 1.12 bits per heavy atom. The van der Waals surface area contributed by atoms with Crippen LogP contribution in [0.5, 0.6) is 5.88 Å². The van der Waals surface area contributed by atoms with Crippen LogP contribution in [-0.4, -0.2) is 20.7 Å². The van der Waals surface area contributed by atoms with Gasteiger partial charge >= 0.3 is 0 Å². The number of aromatic nitrogens is 3. The maximum atomic E-state index is 5.91. The Bertz CT molecular complexity index is 888. The number of aryl methyl sites for hydroxylation is 1. The van der Waals surface area contributed by atoms with Gasteiger partial charge in [-0.05, 0) is 57.0 Å². The van der Waals surface area contributed by atoms with Crippen LogP contribution < -0.4 is 4.74 Å². The van der Waals surface area contributed by atoms with Gasteiger partial charge in [-0.15, -0.1) is 0 Å². The molecule has 0 aliphatic carbocycles. The van der Waals surface area contributed by atoms with E-state index in [1.54, 1.807) is 6.20 Å². The summed E-state index contributed by atoms with van der Waals surface area (Å²) < 4.78 is 12.3. The van der Waals surface area contributed by atoms with E-state index in [0.717, 1.165) is 34.0 Å². The van der Waals surface area contributed by atoms with E-state index in [1.165, 1.54) is 0 Å². The highest BCUT2D eigenvalue weighted by Gasteiger charge is 2.28. The zero-order valence-corrected chi connectivity index (χ0v) is 15.0.